The van der Waals surface area contributed by atoms with Crippen LogP contribution in [0.4, 0.5) is 0 Å². The number of hydrogen-bond acceptors (Lipinski definition) is 2. The lowest BCUT2D eigenvalue weighted by Gasteiger charge is -2.30. The number of carbonyl (C=O) groups is 2. The molecule has 0 radical (unpaired) electrons. The molecule has 0 aromatic heterocycles. The SMILES string of the molecule is O=C(c1ccccc1)C1CCN(C(=O)/C=C/c2ccc(Cl)c(Cl)c2)CC1. The summed E-state index contributed by atoms with van der Waals surface area (Å²) in [4.78, 5) is 26.7. The van der Waals surface area contributed by atoms with Crippen molar-refractivity contribution in [2.24, 2.45) is 5.92 Å². The van der Waals surface area contributed by atoms with E-state index < -0.39 is 0 Å². The molecule has 0 N–H and O–H groups in total. The first-order chi connectivity index (χ1) is 12.5. The second-order valence-electron chi connectivity index (χ2n) is 6.34. The summed E-state index contributed by atoms with van der Waals surface area (Å²) in [5.74, 6) is 0.103. The van der Waals surface area contributed by atoms with Gasteiger partial charge < -0.3 is 4.90 Å². The second kappa shape index (κ2) is 8.52. The van der Waals surface area contributed by atoms with Crippen LogP contribution in [0.5, 0.6) is 0 Å². The van der Waals surface area contributed by atoms with Gasteiger partial charge in [0.15, 0.2) is 5.78 Å². The van der Waals surface area contributed by atoms with E-state index in [9.17, 15) is 9.59 Å². The Bertz CT molecular complexity index is 825. The summed E-state index contributed by atoms with van der Waals surface area (Å²) >= 11 is 11.9. The molecule has 1 aliphatic heterocycles. The Hall–Kier alpha value is -2.10. The van der Waals surface area contributed by atoms with Crippen LogP contribution < -0.4 is 0 Å². The van der Waals surface area contributed by atoms with E-state index in [-0.39, 0.29) is 17.6 Å². The first-order valence-corrected chi connectivity index (χ1v) is 9.31. The highest BCUT2D eigenvalue weighted by atomic mass is 35.5. The van der Waals surface area contributed by atoms with E-state index in [1.54, 1.807) is 29.2 Å². The molecule has 2 aromatic carbocycles. The number of halogens is 2. The Kier molecular flexibility index (Phi) is 6.12. The molecule has 0 saturated carbocycles. The number of hydrogen-bond donors (Lipinski definition) is 0. The number of carbonyl (C=O) groups excluding carboxylic acids is 2. The maximum Gasteiger partial charge on any atom is 0.246 e. The Labute approximate surface area is 163 Å². The zero-order valence-electron chi connectivity index (χ0n) is 14.2. The molecule has 1 heterocycles. The zero-order chi connectivity index (χ0) is 18.5. The molecule has 1 amide bonds. The highest BCUT2D eigenvalue weighted by Crippen LogP contribution is 2.24. The smallest absolute Gasteiger partial charge is 0.246 e. The van der Waals surface area contributed by atoms with E-state index >= 15 is 0 Å². The summed E-state index contributed by atoms with van der Waals surface area (Å²) in [7, 11) is 0. The fraction of sp³-hybridized carbons (Fsp3) is 0.238. The van der Waals surface area contributed by atoms with Gasteiger partial charge in [0.05, 0.1) is 10.0 Å². The summed E-state index contributed by atoms with van der Waals surface area (Å²) < 4.78 is 0. The summed E-state index contributed by atoms with van der Waals surface area (Å²) in [5, 5.41) is 0.946. The van der Waals surface area contributed by atoms with Crippen LogP contribution in [0.15, 0.2) is 54.6 Å². The average molecular weight is 388 g/mol. The summed E-state index contributed by atoms with van der Waals surface area (Å²) in [6, 6.07) is 14.6. The number of amides is 1. The molecule has 0 bridgehead atoms. The topological polar surface area (TPSA) is 37.4 Å². The van der Waals surface area contributed by atoms with Crippen molar-refractivity contribution < 1.29 is 9.59 Å². The van der Waals surface area contributed by atoms with Gasteiger partial charge in [0.2, 0.25) is 5.91 Å². The fourth-order valence-electron chi connectivity index (χ4n) is 3.09. The van der Waals surface area contributed by atoms with Crippen molar-refractivity contribution in [2.75, 3.05) is 13.1 Å². The molecule has 0 spiro atoms. The molecular weight excluding hydrogens is 369 g/mol. The minimum atomic E-state index is -0.0540. The quantitative estimate of drug-likeness (QED) is 0.538. The molecule has 1 saturated heterocycles. The maximum absolute atomic E-state index is 12.5. The van der Waals surface area contributed by atoms with E-state index in [0.717, 1.165) is 11.1 Å². The van der Waals surface area contributed by atoms with Crippen molar-refractivity contribution in [3.8, 4) is 0 Å². The Morgan fingerprint density at radius 1 is 0.962 bits per heavy atom. The van der Waals surface area contributed by atoms with Crippen molar-refractivity contribution >= 4 is 41.0 Å². The van der Waals surface area contributed by atoms with E-state index in [1.165, 1.54) is 0 Å². The lowest BCUT2D eigenvalue weighted by atomic mass is 9.89. The Morgan fingerprint density at radius 2 is 1.65 bits per heavy atom. The monoisotopic (exact) mass is 387 g/mol. The molecule has 1 fully saturated rings. The first kappa shape index (κ1) is 18.7. The van der Waals surface area contributed by atoms with Crippen LogP contribution in [0, 0.1) is 5.92 Å². The third-order valence-corrected chi connectivity index (χ3v) is 5.34. The van der Waals surface area contributed by atoms with E-state index in [0.29, 0.717) is 36.0 Å². The zero-order valence-corrected chi connectivity index (χ0v) is 15.7. The molecule has 2 aromatic rings. The van der Waals surface area contributed by atoms with Gasteiger partial charge in [-0.05, 0) is 36.6 Å². The van der Waals surface area contributed by atoms with Gasteiger partial charge in [-0.1, -0.05) is 59.6 Å². The van der Waals surface area contributed by atoms with Gasteiger partial charge in [0.1, 0.15) is 0 Å². The number of rotatable bonds is 4. The second-order valence-corrected chi connectivity index (χ2v) is 7.15. The average Bonchev–Trinajstić information content (AvgIpc) is 2.69. The number of Topliss-reactive ketones (excluding diaryl/α,β-unsaturated/α-hetero) is 1. The predicted octanol–water partition coefficient (Wildman–Crippen LogP) is 5.13. The van der Waals surface area contributed by atoms with Crippen LogP contribution in [-0.4, -0.2) is 29.7 Å². The van der Waals surface area contributed by atoms with Gasteiger partial charge in [-0.2, -0.15) is 0 Å². The van der Waals surface area contributed by atoms with E-state index in [4.69, 9.17) is 23.2 Å². The molecule has 0 unspecified atom stereocenters. The van der Waals surface area contributed by atoms with E-state index in [2.05, 4.69) is 0 Å². The standard InChI is InChI=1S/C21H19Cl2NO2/c22-18-8-6-15(14-19(18)23)7-9-20(25)24-12-10-17(11-13-24)21(26)16-4-2-1-3-5-16/h1-9,14,17H,10-13H2/b9-7+. The Morgan fingerprint density at radius 3 is 2.31 bits per heavy atom. The van der Waals surface area contributed by atoms with Crippen LogP contribution >= 0.6 is 23.2 Å². The highest BCUT2D eigenvalue weighted by Gasteiger charge is 2.27. The highest BCUT2D eigenvalue weighted by molar-refractivity contribution is 6.42. The van der Waals surface area contributed by atoms with Crippen LogP contribution in [0.3, 0.4) is 0 Å². The normalized spacial score (nSPS) is 15.4. The van der Waals surface area contributed by atoms with Crippen LogP contribution in [0.25, 0.3) is 6.08 Å². The molecule has 5 heteroatoms. The third kappa shape index (κ3) is 4.54. The van der Waals surface area contributed by atoms with Crippen molar-refractivity contribution in [3.05, 3.63) is 75.8 Å². The van der Waals surface area contributed by atoms with E-state index in [1.807, 2.05) is 36.4 Å². The molecule has 3 rings (SSSR count). The van der Waals surface area contributed by atoms with Gasteiger partial charge in [0, 0.05) is 30.6 Å². The minimum Gasteiger partial charge on any atom is -0.339 e. The molecule has 134 valence electrons. The minimum absolute atomic E-state index is 0.0134. The molecule has 0 aliphatic carbocycles. The summed E-state index contributed by atoms with van der Waals surface area (Å²) in [6.45, 7) is 1.18. The number of piperidine rings is 1. The van der Waals surface area contributed by atoms with Crippen LogP contribution in [0.1, 0.15) is 28.8 Å². The van der Waals surface area contributed by atoms with Crippen molar-refractivity contribution in [1.82, 2.24) is 4.90 Å². The maximum atomic E-state index is 12.5. The van der Waals surface area contributed by atoms with Gasteiger partial charge in [-0.25, -0.2) is 0 Å². The summed E-state index contributed by atoms with van der Waals surface area (Å²) in [5.41, 5.74) is 1.57. The fourth-order valence-corrected chi connectivity index (χ4v) is 3.40. The number of ketones is 1. The van der Waals surface area contributed by atoms with Crippen molar-refractivity contribution in [3.63, 3.8) is 0 Å². The predicted molar refractivity (Wildman–Crippen MR) is 106 cm³/mol. The number of likely N-dealkylation sites (tertiary alicyclic amines) is 1. The van der Waals surface area contributed by atoms with Crippen LogP contribution in [-0.2, 0) is 4.79 Å². The number of benzene rings is 2. The van der Waals surface area contributed by atoms with Crippen LogP contribution in [0.2, 0.25) is 10.0 Å². The molecule has 0 atom stereocenters. The Balaban J connectivity index is 1.55. The number of nitrogens with zero attached hydrogens (tertiary/aromatic N) is 1. The molecule has 26 heavy (non-hydrogen) atoms. The molecule has 1 aliphatic rings. The summed E-state index contributed by atoms with van der Waals surface area (Å²) in [6.07, 6.45) is 4.66. The first-order valence-electron chi connectivity index (χ1n) is 8.56. The lowest BCUT2D eigenvalue weighted by molar-refractivity contribution is -0.127. The van der Waals surface area contributed by atoms with Gasteiger partial charge in [-0.3, -0.25) is 9.59 Å². The van der Waals surface area contributed by atoms with Gasteiger partial charge in [0.25, 0.3) is 0 Å². The largest absolute Gasteiger partial charge is 0.339 e. The third-order valence-electron chi connectivity index (χ3n) is 4.60. The van der Waals surface area contributed by atoms with Crippen molar-refractivity contribution in [1.29, 1.82) is 0 Å². The molecule has 3 nitrogen and oxygen atoms in total. The lowest BCUT2D eigenvalue weighted by Crippen LogP contribution is -2.39. The molecular formula is C21H19Cl2NO2. The van der Waals surface area contributed by atoms with Crippen molar-refractivity contribution in [2.45, 2.75) is 12.8 Å². The van der Waals surface area contributed by atoms with Gasteiger partial charge in [-0.15, -0.1) is 0 Å². The van der Waals surface area contributed by atoms with Gasteiger partial charge >= 0.3 is 0 Å².